The van der Waals surface area contributed by atoms with Gasteiger partial charge >= 0.3 is 0 Å². The zero-order valence-corrected chi connectivity index (χ0v) is 18.9. The van der Waals surface area contributed by atoms with Crippen LogP contribution >= 0.6 is 11.3 Å². The highest BCUT2D eigenvalue weighted by Crippen LogP contribution is 2.28. The molecule has 1 unspecified atom stereocenters. The molecule has 1 heterocycles. The number of rotatable bonds is 8. The fraction of sp³-hybridized carbons (Fsp3) is 0.304. The van der Waals surface area contributed by atoms with Crippen molar-refractivity contribution < 1.29 is 9.59 Å². The number of hydrogen-bond acceptors (Lipinski definition) is 6. The third-order valence-electron chi connectivity index (χ3n) is 4.73. The van der Waals surface area contributed by atoms with Gasteiger partial charge < -0.3 is 10.2 Å². The number of hydrogen-bond donors (Lipinski definition) is 2. The van der Waals surface area contributed by atoms with Crippen LogP contribution in [0.3, 0.4) is 0 Å². The van der Waals surface area contributed by atoms with Crippen LogP contribution in [0.15, 0.2) is 54.6 Å². The van der Waals surface area contributed by atoms with Crippen molar-refractivity contribution >= 4 is 34.0 Å². The number of aromatic nitrogens is 2. The van der Waals surface area contributed by atoms with E-state index in [-0.39, 0.29) is 17.7 Å². The molecule has 0 fully saturated rings. The molecule has 0 bridgehead atoms. The lowest BCUT2D eigenvalue weighted by molar-refractivity contribution is -0.128. The highest BCUT2D eigenvalue weighted by molar-refractivity contribution is 7.18. The van der Waals surface area contributed by atoms with Crippen molar-refractivity contribution in [2.45, 2.75) is 26.3 Å². The first-order chi connectivity index (χ1) is 14.8. The number of nitrogens with zero attached hydrogens (tertiary/aromatic N) is 3. The minimum absolute atomic E-state index is 0.171. The van der Waals surface area contributed by atoms with Crippen molar-refractivity contribution in [1.82, 2.24) is 15.5 Å². The molecule has 7 nitrogen and oxygen atoms in total. The number of benzene rings is 2. The van der Waals surface area contributed by atoms with Crippen molar-refractivity contribution in [3.63, 3.8) is 0 Å². The highest BCUT2D eigenvalue weighted by atomic mass is 32.1. The Balaban J connectivity index is 1.72. The maximum atomic E-state index is 12.9. The molecule has 1 aromatic heterocycles. The normalized spacial score (nSPS) is 11.8. The summed E-state index contributed by atoms with van der Waals surface area (Å²) < 4.78 is 0. The van der Waals surface area contributed by atoms with Gasteiger partial charge in [-0.15, -0.1) is 10.2 Å². The average Bonchev–Trinajstić information content (AvgIpc) is 3.22. The molecule has 31 heavy (non-hydrogen) atoms. The maximum absolute atomic E-state index is 12.9. The van der Waals surface area contributed by atoms with Crippen LogP contribution in [0.4, 0.5) is 10.8 Å². The molecule has 0 spiro atoms. The summed E-state index contributed by atoms with van der Waals surface area (Å²) in [4.78, 5) is 27.2. The van der Waals surface area contributed by atoms with Gasteiger partial charge in [-0.25, -0.2) is 0 Å². The monoisotopic (exact) mass is 437 g/mol. The molecule has 2 aromatic carbocycles. The Morgan fingerprint density at radius 3 is 2.26 bits per heavy atom. The molecule has 0 saturated heterocycles. The lowest BCUT2D eigenvalue weighted by Gasteiger charge is -2.19. The molecule has 8 heteroatoms. The third-order valence-corrected chi connectivity index (χ3v) is 5.61. The number of carbonyl (C=O) groups is 2. The maximum Gasteiger partial charge on any atom is 0.249 e. The van der Waals surface area contributed by atoms with Crippen LogP contribution < -0.4 is 15.5 Å². The quantitative estimate of drug-likeness (QED) is 0.562. The molecular formula is C23H27N5O2S. The van der Waals surface area contributed by atoms with Crippen molar-refractivity contribution in [1.29, 1.82) is 0 Å². The molecular weight excluding hydrogens is 410 g/mol. The number of amides is 2. The lowest BCUT2D eigenvalue weighted by Crippen LogP contribution is -2.46. The van der Waals surface area contributed by atoms with E-state index in [0.29, 0.717) is 16.6 Å². The first kappa shape index (κ1) is 22.4. The van der Waals surface area contributed by atoms with Gasteiger partial charge in [0.05, 0.1) is 0 Å². The first-order valence-corrected chi connectivity index (χ1v) is 10.9. The lowest BCUT2D eigenvalue weighted by atomic mass is 10.0. The minimum Gasteiger partial charge on any atom is -0.378 e. The first-order valence-electron chi connectivity index (χ1n) is 10.1. The summed E-state index contributed by atoms with van der Waals surface area (Å²) in [5, 5.41) is 15.1. The molecule has 3 aromatic rings. The van der Waals surface area contributed by atoms with Crippen molar-refractivity contribution in [2.24, 2.45) is 5.92 Å². The Morgan fingerprint density at radius 2 is 1.65 bits per heavy atom. The van der Waals surface area contributed by atoms with Gasteiger partial charge in [0.15, 0.2) is 0 Å². The van der Waals surface area contributed by atoms with Crippen LogP contribution in [0.1, 0.15) is 19.4 Å². The van der Waals surface area contributed by atoms with Crippen LogP contribution in [0.5, 0.6) is 0 Å². The molecule has 3 rings (SSSR count). The van der Waals surface area contributed by atoms with Crippen LogP contribution in [-0.4, -0.2) is 42.1 Å². The van der Waals surface area contributed by atoms with E-state index in [4.69, 9.17) is 0 Å². The van der Waals surface area contributed by atoms with Gasteiger partial charge in [0, 0.05) is 37.7 Å². The fourth-order valence-corrected chi connectivity index (χ4v) is 3.63. The van der Waals surface area contributed by atoms with Gasteiger partial charge in [0.1, 0.15) is 11.0 Å². The standard InChI is InChI=1S/C23H27N5O2S/c1-15(2)20(29)24-19(14-16-8-6-5-7-9-16)21(30)25-23-27-26-22(31-23)17-10-12-18(13-11-17)28(3)4/h5-13,15,19H,14H2,1-4H3,(H,24,29)(H,25,27,30). The second kappa shape index (κ2) is 10.2. The summed E-state index contributed by atoms with van der Waals surface area (Å²) in [6, 6.07) is 16.9. The van der Waals surface area contributed by atoms with E-state index >= 15 is 0 Å². The molecule has 162 valence electrons. The Labute approximate surface area is 186 Å². The predicted molar refractivity (Wildman–Crippen MR) is 125 cm³/mol. The summed E-state index contributed by atoms with van der Waals surface area (Å²) in [6.07, 6.45) is 0.392. The Kier molecular flexibility index (Phi) is 7.36. The SMILES string of the molecule is CC(C)C(=O)NC(Cc1ccccc1)C(=O)Nc1nnc(-c2ccc(N(C)C)cc2)s1. The predicted octanol–water partition coefficient (Wildman–Crippen LogP) is 3.59. The fourth-order valence-electron chi connectivity index (χ4n) is 2.88. The van der Waals surface area contributed by atoms with Crippen LogP contribution in [0.2, 0.25) is 0 Å². The molecule has 0 saturated carbocycles. The van der Waals surface area contributed by atoms with Crippen LogP contribution in [0.25, 0.3) is 10.6 Å². The Bertz CT molecular complexity index is 1020. The zero-order chi connectivity index (χ0) is 22.4. The molecule has 0 aliphatic carbocycles. The van der Waals surface area contributed by atoms with E-state index in [2.05, 4.69) is 20.8 Å². The van der Waals surface area contributed by atoms with Crippen molar-refractivity contribution in [3.8, 4) is 10.6 Å². The van der Waals surface area contributed by atoms with E-state index in [1.807, 2.05) is 73.6 Å². The molecule has 0 aliphatic heterocycles. The topological polar surface area (TPSA) is 87.2 Å². The molecule has 2 amide bonds. The Morgan fingerprint density at radius 1 is 0.968 bits per heavy atom. The highest BCUT2D eigenvalue weighted by Gasteiger charge is 2.23. The van der Waals surface area contributed by atoms with Crippen LogP contribution in [0, 0.1) is 5.92 Å². The summed E-state index contributed by atoms with van der Waals surface area (Å²) >= 11 is 1.30. The number of nitrogens with one attached hydrogen (secondary N) is 2. The zero-order valence-electron chi connectivity index (χ0n) is 18.1. The summed E-state index contributed by atoms with van der Waals surface area (Å²) in [5.41, 5.74) is 2.98. The van der Waals surface area contributed by atoms with E-state index in [0.717, 1.165) is 16.8 Å². The molecule has 1 atom stereocenters. The van der Waals surface area contributed by atoms with Gasteiger partial charge in [-0.2, -0.15) is 0 Å². The van der Waals surface area contributed by atoms with Gasteiger partial charge in [-0.1, -0.05) is 55.5 Å². The van der Waals surface area contributed by atoms with Crippen molar-refractivity contribution in [2.75, 3.05) is 24.3 Å². The second-order valence-corrected chi connectivity index (χ2v) is 8.73. The van der Waals surface area contributed by atoms with Gasteiger partial charge in [0.25, 0.3) is 0 Å². The average molecular weight is 438 g/mol. The van der Waals surface area contributed by atoms with Crippen molar-refractivity contribution in [3.05, 3.63) is 60.2 Å². The Hall–Kier alpha value is -3.26. The van der Waals surface area contributed by atoms with Gasteiger partial charge in [-0.3, -0.25) is 14.9 Å². The van der Waals surface area contributed by atoms with Gasteiger partial charge in [-0.05, 0) is 29.8 Å². The number of anilines is 2. The van der Waals surface area contributed by atoms with Gasteiger partial charge in [0.2, 0.25) is 16.9 Å². The molecule has 0 radical (unpaired) electrons. The smallest absolute Gasteiger partial charge is 0.249 e. The molecule has 0 aliphatic rings. The summed E-state index contributed by atoms with van der Waals surface area (Å²) in [7, 11) is 3.97. The largest absolute Gasteiger partial charge is 0.378 e. The third kappa shape index (κ3) is 6.11. The van der Waals surface area contributed by atoms with E-state index in [1.54, 1.807) is 13.8 Å². The van der Waals surface area contributed by atoms with E-state index in [1.165, 1.54) is 11.3 Å². The summed E-state index contributed by atoms with van der Waals surface area (Å²) in [6.45, 7) is 3.59. The van der Waals surface area contributed by atoms with Crippen LogP contribution in [-0.2, 0) is 16.0 Å². The number of carbonyl (C=O) groups excluding carboxylic acids is 2. The second-order valence-electron chi connectivity index (χ2n) is 7.75. The minimum atomic E-state index is -0.705. The summed E-state index contributed by atoms with van der Waals surface area (Å²) in [5.74, 6) is -0.706. The van der Waals surface area contributed by atoms with E-state index in [9.17, 15) is 9.59 Å². The molecule has 2 N–H and O–H groups in total. The van der Waals surface area contributed by atoms with E-state index < -0.39 is 6.04 Å².